The van der Waals surface area contributed by atoms with E-state index in [1.807, 2.05) is 27.1 Å². The van der Waals surface area contributed by atoms with Crippen molar-refractivity contribution in [2.24, 2.45) is 0 Å². The molecule has 1 N–H and O–H groups in total. The predicted molar refractivity (Wildman–Crippen MR) is 113 cm³/mol. The molecular weight excluding hydrogens is 352 g/mol. The average Bonchev–Trinajstić information content (AvgIpc) is 2.69. The van der Waals surface area contributed by atoms with Gasteiger partial charge in [-0.25, -0.2) is 0 Å². The van der Waals surface area contributed by atoms with Gasteiger partial charge in [0.25, 0.3) is 5.91 Å². The van der Waals surface area contributed by atoms with Gasteiger partial charge in [0.05, 0.1) is 13.2 Å². The van der Waals surface area contributed by atoms with Crippen molar-refractivity contribution < 1.29 is 14.3 Å². The minimum Gasteiger partial charge on any atom is -0.490 e. The Hall–Kier alpha value is -2.53. The molecular formula is C23H32N2O3. The lowest BCUT2D eigenvalue weighted by Gasteiger charge is -2.14. The van der Waals surface area contributed by atoms with Gasteiger partial charge in [-0.1, -0.05) is 38.1 Å². The minimum absolute atomic E-state index is 0.124. The Morgan fingerprint density at radius 1 is 0.893 bits per heavy atom. The van der Waals surface area contributed by atoms with Gasteiger partial charge in [0.1, 0.15) is 0 Å². The molecule has 0 spiro atoms. The van der Waals surface area contributed by atoms with E-state index in [0.717, 1.165) is 24.9 Å². The van der Waals surface area contributed by atoms with Crippen molar-refractivity contribution in [1.82, 2.24) is 10.2 Å². The van der Waals surface area contributed by atoms with Crippen LogP contribution in [0, 0.1) is 0 Å². The van der Waals surface area contributed by atoms with Crippen LogP contribution in [0.5, 0.6) is 11.5 Å². The third-order valence-electron chi connectivity index (χ3n) is 4.10. The highest BCUT2D eigenvalue weighted by molar-refractivity contribution is 5.94. The SMILES string of the molecule is CCCOc1ccc(C(=O)NCc2ccc(CN(C)C)cc2)cc1OCCC. The summed E-state index contributed by atoms with van der Waals surface area (Å²) in [7, 11) is 4.09. The van der Waals surface area contributed by atoms with E-state index in [-0.39, 0.29) is 5.91 Å². The van der Waals surface area contributed by atoms with E-state index >= 15 is 0 Å². The van der Waals surface area contributed by atoms with Crippen molar-refractivity contribution >= 4 is 5.91 Å². The first kappa shape index (κ1) is 21.8. The summed E-state index contributed by atoms with van der Waals surface area (Å²) < 4.78 is 11.5. The van der Waals surface area contributed by atoms with Crippen LogP contribution in [0.2, 0.25) is 0 Å². The van der Waals surface area contributed by atoms with Crippen molar-refractivity contribution in [2.75, 3.05) is 27.3 Å². The predicted octanol–water partition coefficient (Wildman–Crippen LogP) is 4.26. The molecule has 5 nitrogen and oxygen atoms in total. The molecule has 1 amide bonds. The molecule has 0 atom stereocenters. The Bertz CT molecular complexity index is 742. The first-order valence-corrected chi connectivity index (χ1v) is 9.93. The molecule has 0 unspecified atom stereocenters. The molecule has 152 valence electrons. The lowest BCUT2D eigenvalue weighted by molar-refractivity contribution is 0.0950. The Morgan fingerprint density at radius 3 is 2.11 bits per heavy atom. The summed E-state index contributed by atoms with van der Waals surface area (Å²) in [5.41, 5.74) is 2.89. The number of benzene rings is 2. The Kier molecular flexibility index (Phi) is 8.82. The number of hydrogen-bond donors (Lipinski definition) is 1. The summed E-state index contributed by atoms with van der Waals surface area (Å²) in [6.07, 6.45) is 1.82. The van der Waals surface area contributed by atoms with Gasteiger partial charge in [0.2, 0.25) is 0 Å². The van der Waals surface area contributed by atoms with Crippen LogP contribution < -0.4 is 14.8 Å². The first-order valence-electron chi connectivity index (χ1n) is 9.93. The van der Waals surface area contributed by atoms with Crippen LogP contribution in [-0.4, -0.2) is 38.1 Å². The molecule has 0 radical (unpaired) electrons. The molecule has 0 saturated heterocycles. The van der Waals surface area contributed by atoms with Gasteiger partial charge >= 0.3 is 0 Å². The second-order valence-electron chi connectivity index (χ2n) is 7.10. The Labute approximate surface area is 168 Å². The molecule has 28 heavy (non-hydrogen) atoms. The fourth-order valence-electron chi connectivity index (χ4n) is 2.72. The van der Waals surface area contributed by atoms with Crippen LogP contribution >= 0.6 is 0 Å². The number of rotatable bonds is 11. The third-order valence-corrected chi connectivity index (χ3v) is 4.10. The highest BCUT2D eigenvalue weighted by Gasteiger charge is 2.12. The Balaban J connectivity index is 2.00. The van der Waals surface area contributed by atoms with Crippen LogP contribution in [0.4, 0.5) is 0 Å². The zero-order valence-electron chi connectivity index (χ0n) is 17.5. The van der Waals surface area contributed by atoms with E-state index in [2.05, 4.69) is 41.4 Å². The van der Waals surface area contributed by atoms with Gasteiger partial charge in [0, 0.05) is 18.7 Å². The quantitative estimate of drug-likeness (QED) is 0.629. The molecule has 2 rings (SSSR count). The second-order valence-corrected chi connectivity index (χ2v) is 7.10. The smallest absolute Gasteiger partial charge is 0.251 e. The monoisotopic (exact) mass is 384 g/mol. The molecule has 0 aromatic heterocycles. The maximum atomic E-state index is 12.6. The standard InChI is InChI=1S/C23H32N2O3/c1-5-13-27-21-12-11-20(15-22(21)28-14-6-2)23(26)24-16-18-7-9-19(10-8-18)17-25(3)4/h7-12,15H,5-6,13-14,16-17H2,1-4H3,(H,24,26). The minimum atomic E-state index is -0.124. The Morgan fingerprint density at radius 2 is 1.50 bits per heavy atom. The van der Waals surface area contributed by atoms with Gasteiger partial charge in [-0.05, 0) is 56.3 Å². The summed E-state index contributed by atoms with van der Waals surface area (Å²) in [5.74, 6) is 1.18. The van der Waals surface area contributed by atoms with Crippen LogP contribution in [-0.2, 0) is 13.1 Å². The van der Waals surface area contributed by atoms with E-state index in [9.17, 15) is 4.79 Å². The largest absolute Gasteiger partial charge is 0.490 e. The molecule has 5 heteroatoms. The van der Waals surface area contributed by atoms with E-state index in [1.54, 1.807) is 12.1 Å². The molecule has 0 aliphatic rings. The van der Waals surface area contributed by atoms with E-state index in [0.29, 0.717) is 36.8 Å². The first-order chi connectivity index (χ1) is 13.5. The fraction of sp³-hybridized carbons (Fsp3) is 0.435. The van der Waals surface area contributed by atoms with Gasteiger partial charge in [-0.3, -0.25) is 4.79 Å². The summed E-state index contributed by atoms with van der Waals surface area (Å²) in [5, 5.41) is 2.98. The maximum Gasteiger partial charge on any atom is 0.251 e. The van der Waals surface area contributed by atoms with Gasteiger partial charge < -0.3 is 19.7 Å². The van der Waals surface area contributed by atoms with Gasteiger partial charge in [0.15, 0.2) is 11.5 Å². The van der Waals surface area contributed by atoms with Gasteiger partial charge in [-0.15, -0.1) is 0 Å². The average molecular weight is 385 g/mol. The number of amides is 1. The molecule has 0 heterocycles. The number of carbonyl (C=O) groups is 1. The summed E-state index contributed by atoms with van der Waals surface area (Å²) in [4.78, 5) is 14.7. The van der Waals surface area contributed by atoms with Crippen molar-refractivity contribution in [3.63, 3.8) is 0 Å². The normalized spacial score (nSPS) is 10.8. The summed E-state index contributed by atoms with van der Waals surface area (Å²) in [6.45, 7) is 6.71. The van der Waals surface area contributed by atoms with Crippen LogP contribution in [0.1, 0.15) is 48.2 Å². The summed E-state index contributed by atoms with van der Waals surface area (Å²) in [6, 6.07) is 13.6. The van der Waals surface area contributed by atoms with Gasteiger partial charge in [-0.2, -0.15) is 0 Å². The van der Waals surface area contributed by atoms with E-state index in [4.69, 9.17) is 9.47 Å². The fourth-order valence-corrected chi connectivity index (χ4v) is 2.72. The molecule has 2 aromatic rings. The molecule has 0 bridgehead atoms. The zero-order valence-corrected chi connectivity index (χ0v) is 17.5. The maximum absolute atomic E-state index is 12.6. The lowest BCUT2D eigenvalue weighted by Crippen LogP contribution is -2.23. The van der Waals surface area contributed by atoms with Crippen molar-refractivity contribution in [3.05, 3.63) is 59.2 Å². The number of ether oxygens (including phenoxy) is 2. The number of hydrogen-bond acceptors (Lipinski definition) is 4. The highest BCUT2D eigenvalue weighted by atomic mass is 16.5. The number of nitrogens with one attached hydrogen (secondary N) is 1. The van der Waals surface area contributed by atoms with Crippen molar-refractivity contribution in [3.8, 4) is 11.5 Å². The van der Waals surface area contributed by atoms with Crippen LogP contribution in [0.25, 0.3) is 0 Å². The molecule has 0 saturated carbocycles. The number of nitrogens with zero attached hydrogens (tertiary/aromatic N) is 1. The second kappa shape index (κ2) is 11.3. The van der Waals surface area contributed by atoms with Crippen molar-refractivity contribution in [1.29, 1.82) is 0 Å². The lowest BCUT2D eigenvalue weighted by atomic mass is 10.1. The van der Waals surface area contributed by atoms with Crippen LogP contribution in [0.15, 0.2) is 42.5 Å². The topological polar surface area (TPSA) is 50.8 Å². The summed E-state index contributed by atoms with van der Waals surface area (Å²) >= 11 is 0. The van der Waals surface area contributed by atoms with Crippen LogP contribution in [0.3, 0.4) is 0 Å². The zero-order chi connectivity index (χ0) is 20.4. The molecule has 0 aliphatic heterocycles. The highest BCUT2D eigenvalue weighted by Crippen LogP contribution is 2.29. The van der Waals surface area contributed by atoms with Crippen molar-refractivity contribution in [2.45, 2.75) is 39.8 Å². The number of carbonyl (C=O) groups excluding carboxylic acids is 1. The third kappa shape index (κ3) is 6.89. The van der Waals surface area contributed by atoms with E-state index < -0.39 is 0 Å². The molecule has 2 aromatic carbocycles. The molecule has 0 aliphatic carbocycles. The van der Waals surface area contributed by atoms with E-state index in [1.165, 1.54) is 5.56 Å². The molecule has 0 fully saturated rings.